The molecular formula is C26H29N5O5. The van der Waals surface area contributed by atoms with Gasteiger partial charge in [0.05, 0.1) is 43.7 Å². The van der Waals surface area contributed by atoms with E-state index in [0.29, 0.717) is 56.5 Å². The lowest BCUT2D eigenvalue weighted by Gasteiger charge is -2.31. The number of anilines is 2. The van der Waals surface area contributed by atoms with Crippen molar-refractivity contribution in [2.45, 2.75) is 25.9 Å². The van der Waals surface area contributed by atoms with Crippen molar-refractivity contribution in [1.29, 1.82) is 5.26 Å². The average molecular weight is 492 g/mol. The number of benzene rings is 1. The van der Waals surface area contributed by atoms with Crippen LogP contribution in [0.1, 0.15) is 25.3 Å². The Morgan fingerprint density at radius 3 is 2.72 bits per heavy atom. The number of nitrogens with zero attached hydrogens (tertiary/aromatic N) is 5. The van der Waals surface area contributed by atoms with E-state index in [9.17, 15) is 14.9 Å². The van der Waals surface area contributed by atoms with E-state index in [1.165, 1.54) is 7.11 Å². The van der Waals surface area contributed by atoms with Crippen LogP contribution in [0.3, 0.4) is 0 Å². The first-order valence-electron chi connectivity index (χ1n) is 12.2. The first-order valence-corrected chi connectivity index (χ1v) is 12.2. The predicted molar refractivity (Wildman–Crippen MR) is 130 cm³/mol. The molecule has 3 aliphatic rings. The quantitative estimate of drug-likeness (QED) is 0.627. The highest BCUT2D eigenvalue weighted by molar-refractivity contribution is 5.82. The van der Waals surface area contributed by atoms with Gasteiger partial charge >= 0.3 is 0 Å². The summed E-state index contributed by atoms with van der Waals surface area (Å²) in [5.74, 6) is 1.71. The highest BCUT2D eigenvalue weighted by Crippen LogP contribution is 2.40. The Morgan fingerprint density at radius 2 is 1.97 bits per heavy atom. The molecule has 0 bridgehead atoms. The van der Waals surface area contributed by atoms with Crippen molar-refractivity contribution in [2.24, 2.45) is 5.92 Å². The molecule has 2 fully saturated rings. The number of ether oxygens (including phenoxy) is 3. The maximum Gasteiger partial charge on any atom is 0.231 e. The van der Waals surface area contributed by atoms with E-state index in [2.05, 4.69) is 11.1 Å². The maximum atomic E-state index is 13.0. The van der Waals surface area contributed by atoms with E-state index in [1.54, 1.807) is 24.1 Å². The van der Waals surface area contributed by atoms with Crippen LogP contribution in [-0.4, -0.2) is 79.1 Å². The van der Waals surface area contributed by atoms with Crippen molar-refractivity contribution in [1.82, 2.24) is 14.8 Å². The Bertz CT molecular complexity index is 1210. The third kappa shape index (κ3) is 4.61. The van der Waals surface area contributed by atoms with Gasteiger partial charge in [-0.05, 0) is 24.6 Å². The van der Waals surface area contributed by atoms with Gasteiger partial charge in [0.15, 0.2) is 0 Å². The highest BCUT2D eigenvalue weighted by atomic mass is 16.5. The molecule has 10 nitrogen and oxygen atoms in total. The van der Waals surface area contributed by atoms with E-state index >= 15 is 0 Å². The van der Waals surface area contributed by atoms with Gasteiger partial charge in [0.25, 0.3) is 0 Å². The van der Waals surface area contributed by atoms with Gasteiger partial charge in [0, 0.05) is 39.0 Å². The Hall–Kier alpha value is -4.00. The van der Waals surface area contributed by atoms with Crippen LogP contribution in [0.5, 0.6) is 17.4 Å². The van der Waals surface area contributed by atoms with Gasteiger partial charge < -0.3 is 28.9 Å². The molecule has 0 radical (unpaired) electrons. The van der Waals surface area contributed by atoms with E-state index in [4.69, 9.17) is 14.2 Å². The van der Waals surface area contributed by atoms with Crippen LogP contribution in [0.2, 0.25) is 0 Å². The molecule has 36 heavy (non-hydrogen) atoms. The van der Waals surface area contributed by atoms with Crippen molar-refractivity contribution in [3.63, 3.8) is 0 Å². The molecule has 0 spiro atoms. The van der Waals surface area contributed by atoms with E-state index in [-0.39, 0.29) is 23.8 Å². The number of aromatic nitrogens is 1. The average Bonchev–Trinajstić information content (AvgIpc) is 3.58. The molecule has 4 heterocycles. The summed E-state index contributed by atoms with van der Waals surface area (Å²) in [6.07, 6.45) is 3.04. The lowest BCUT2D eigenvalue weighted by molar-refractivity contribution is -0.134. The standard InChI is InChI=1S/C26H29N5O5/c1-17(32)29-7-5-18(15-29)26(33)30-8-6-22(16-30)36-21-3-4-24-23(12-21)31(9-10-35-24)20-11-19(13-27)25(34-2)28-14-20/h3-4,11-12,14,18,22H,5-10,15-16H2,1-2H3. The number of likely N-dealkylation sites (tertiary alicyclic amines) is 2. The number of carbonyl (C=O) groups excluding carboxylic acids is 2. The molecule has 2 amide bonds. The molecular weight excluding hydrogens is 462 g/mol. The Balaban J connectivity index is 1.27. The highest BCUT2D eigenvalue weighted by Gasteiger charge is 2.36. The molecule has 2 atom stereocenters. The molecule has 1 aromatic heterocycles. The summed E-state index contributed by atoms with van der Waals surface area (Å²) in [6, 6.07) is 9.57. The van der Waals surface area contributed by atoms with Gasteiger partial charge in [-0.2, -0.15) is 5.26 Å². The van der Waals surface area contributed by atoms with Gasteiger partial charge in [-0.1, -0.05) is 0 Å². The third-order valence-corrected chi connectivity index (χ3v) is 7.00. The molecule has 188 valence electrons. The fraction of sp³-hybridized carbons (Fsp3) is 0.462. The lowest BCUT2D eigenvalue weighted by Crippen LogP contribution is -2.37. The number of pyridine rings is 1. The Kier molecular flexibility index (Phi) is 6.55. The molecule has 2 aromatic rings. The minimum absolute atomic E-state index is 0.0210. The minimum atomic E-state index is -0.126. The number of amides is 2. The first kappa shape index (κ1) is 23.7. The molecule has 0 N–H and O–H groups in total. The number of carbonyl (C=O) groups is 2. The minimum Gasteiger partial charge on any atom is -0.490 e. The van der Waals surface area contributed by atoms with Gasteiger partial charge in [-0.15, -0.1) is 0 Å². The number of rotatable bonds is 5. The zero-order chi connectivity index (χ0) is 25.2. The number of methoxy groups -OCH3 is 1. The number of hydrogen-bond donors (Lipinski definition) is 0. The van der Waals surface area contributed by atoms with Gasteiger partial charge in [-0.25, -0.2) is 4.98 Å². The van der Waals surface area contributed by atoms with Crippen molar-refractivity contribution in [2.75, 3.05) is 51.3 Å². The Morgan fingerprint density at radius 1 is 1.14 bits per heavy atom. The third-order valence-electron chi connectivity index (χ3n) is 7.00. The van der Waals surface area contributed by atoms with E-state index < -0.39 is 0 Å². The second-order valence-corrected chi connectivity index (χ2v) is 9.26. The lowest BCUT2D eigenvalue weighted by atomic mass is 10.1. The summed E-state index contributed by atoms with van der Waals surface area (Å²) in [5, 5.41) is 9.46. The molecule has 0 saturated carbocycles. The van der Waals surface area contributed by atoms with Crippen LogP contribution in [-0.2, 0) is 9.59 Å². The molecule has 5 rings (SSSR count). The van der Waals surface area contributed by atoms with Crippen LogP contribution in [0.4, 0.5) is 11.4 Å². The van der Waals surface area contributed by atoms with Crippen molar-refractivity contribution >= 4 is 23.2 Å². The summed E-state index contributed by atoms with van der Waals surface area (Å²) in [7, 11) is 1.49. The van der Waals surface area contributed by atoms with Gasteiger partial charge in [0.1, 0.15) is 35.8 Å². The van der Waals surface area contributed by atoms with Crippen LogP contribution in [0.25, 0.3) is 0 Å². The summed E-state index contributed by atoms with van der Waals surface area (Å²) in [6.45, 7) is 4.97. The maximum absolute atomic E-state index is 13.0. The SMILES string of the molecule is COc1ncc(N2CCOc3ccc(OC4CCN(C(=O)C5CCN(C(C)=O)C5)C4)cc32)cc1C#N. The van der Waals surface area contributed by atoms with Crippen LogP contribution < -0.4 is 19.1 Å². The second kappa shape index (κ2) is 9.93. The van der Waals surface area contributed by atoms with E-state index in [1.807, 2.05) is 28.0 Å². The van der Waals surface area contributed by atoms with Gasteiger partial charge in [0.2, 0.25) is 17.7 Å². The largest absolute Gasteiger partial charge is 0.490 e. The Labute approximate surface area is 210 Å². The molecule has 0 aliphatic carbocycles. The smallest absolute Gasteiger partial charge is 0.231 e. The predicted octanol–water partition coefficient (Wildman–Crippen LogP) is 2.34. The zero-order valence-electron chi connectivity index (χ0n) is 20.5. The van der Waals surface area contributed by atoms with Crippen LogP contribution in [0.15, 0.2) is 30.5 Å². The van der Waals surface area contributed by atoms with E-state index in [0.717, 1.165) is 30.0 Å². The second-order valence-electron chi connectivity index (χ2n) is 9.26. The number of nitriles is 1. The topological polar surface area (TPSA) is 108 Å². The van der Waals surface area contributed by atoms with Gasteiger partial charge in [-0.3, -0.25) is 9.59 Å². The monoisotopic (exact) mass is 491 g/mol. The van der Waals surface area contributed by atoms with Crippen molar-refractivity contribution in [3.8, 4) is 23.4 Å². The number of hydrogen-bond acceptors (Lipinski definition) is 8. The van der Waals surface area contributed by atoms with Crippen molar-refractivity contribution < 1.29 is 23.8 Å². The van der Waals surface area contributed by atoms with Crippen LogP contribution in [0, 0.1) is 17.2 Å². The zero-order valence-corrected chi connectivity index (χ0v) is 20.5. The number of fused-ring (bicyclic) bond motifs is 1. The molecule has 2 saturated heterocycles. The van der Waals surface area contributed by atoms with Crippen LogP contribution >= 0.6 is 0 Å². The fourth-order valence-electron chi connectivity index (χ4n) is 5.09. The van der Waals surface area contributed by atoms with Crippen molar-refractivity contribution in [3.05, 3.63) is 36.0 Å². The first-order chi connectivity index (χ1) is 17.5. The summed E-state index contributed by atoms with van der Waals surface area (Å²) in [4.78, 5) is 34.5. The fourth-order valence-corrected chi connectivity index (χ4v) is 5.09. The molecule has 2 unspecified atom stereocenters. The summed E-state index contributed by atoms with van der Waals surface area (Å²) < 4.78 is 17.3. The summed E-state index contributed by atoms with van der Waals surface area (Å²) >= 11 is 0. The normalized spacial score (nSPS) is 21.0. The molecule has 1 aromatic carbocycles. The summed E-state index contributed by atoms with van der Waals surface area (Å²) in [5.41, 5.74) is 1.96. The molecule has 3 aliphatic heterocycles. The molecule has 10 heteroatoms.